The van der Waals surface area contributed by atoms with Gasteiger partial charge in [0.15, 0.2) is 11.9 Å². The molecular formula is C18H15N3O3. The second-order valence-electron chi connectivity index (χ2n) is 5.11. The minimum Gasteiger partial charge on any atom is -0.436 e. The molecule has 6 nitrogen and oxygen atoms in total. The lowest BCUT2D eigenvalue weighted by atomic mass is 10.2. The van der Waals surface area contributed by atoms with Gasteiger partial charge in [0, 0.05) is 24.5 Å². The van der Waals surface area contributed by atoms with Crippen LogP contribution in [-0.4, -0.2) is 17.2 Å². The van der Waals surface area contributed by atoms with E-state index in [1.54, 1.807) is 24.3 Å². The summed E-state index contributed by atoms with van der Waals surface area (Å²) in [7, 11) is 0. The van der Waals surface area contributed by atoms with Gasteiger partial charge in [-0.25, -0.2) is 4.98 Å². The molecule has 2 aromatic carbocycles. The molecule has 0 aliphatic heterocycles. The number of rotatable bonds is 5. The Morgan fingerprint density at radius 1 is 1.12 bits per heavy atom. The predicted octanol–water partition coefficient (Wildman–Crippen LogP) is 3.44. The minimum absolute atomic E-state index is 0.150. The number of para-hydroxylation sites is 2. The van der Waals surface area contributed by atoms with E-state index in [0.717, 1.165) is 5.69 Å². The van der Waals surface area contributed by atoms with Crippen molar-refractivity contribution in [1.29, 1.82) is 0 Å². The average Bonchev–Trinajstić information content (AvgIpc) is 2.99. The number of hydrogen-bond donors (Lipinski definition) is 2. The van der Waals surface area contributed by atoms with E-state index in [1.165, 1.54) is 13.1 Å². The van der Waals surface area contributed by atoms with Gasteiger partial charge in [0.2, 0.25) is 11.8 Å². The van der Waals surface area contributed by atoms with Crippen LogP contribution in [0.1, 0.15) is 12.8 Å². The van der Waals surface area contributed by atoms with Crippen LogP contribution in [0.15, 0.2) is 59.1 Å². The molecule has 0 aliphatic rings. The van der Waals surface area contributed by atoms with Gasteiger partial charge in [-0.3, -0.25) is 9.59 Å². The number of oxazole rings is 1. The van der Waals surface area contributed by atoms with Crippen LogP contribution in [0.5, 0.6) is 0 Å². The van der Waals surface area contributed by atoms with Crippen molar-refractivity contribution in [3.05, 3.63) is 60.6 Å². The van der Waals surface area contributed by atoms with Crippen LogP contribution in [0.4, 0.5) is 11.4 Å². The maximum Gasteiger partial charge on any atom is 0.232 e. The number of fused-ring (bicyclic) bond motifs is 1. The molecule has 1 aromatic heterocycles. The highest BCUT2D eigenvalue weighted by atomic mass is 16.3. The van der Waals surface area contributed by atoms with Gasteiger partial charge in [-0.15, -0.1) is 0 Å². The van der Waals surface area contributed by atoms with E-state index in [2.05, 4.69) is 15.6 Å². The molecule has 0 fully saturated rings. The Morgan fingerprint density at radius 3 is 2.67 bits per heavy atom. The second kappa shape index (κ2) is 6.78. The van der Waals surface area contributed by atoms with E-state index in [-0.39, 0.29) is 17.4 Å². The molecule has 24 heavy (non-hydrogen) atoms. The van der Waals surface area contributed by atoms with Gasteiger partial charge >= 0.3 is 0 Å². The third-order valence-electron chi connectivity index (χ3n) is 3.25. The fourth-order valence-corrected chi connectivity index (χ4v) is 2.19. The van der Waals surface area contributed by atoms with Gasteiger partial charge < -0.3 is 15.1 Å². The first kappa shape index (κ1) is 15.5. The van der Waals surface area contributed by atoms with E-state index >= 15 is 0 Å². The molecule has 0 atom stereocenters. The van der Waals surface area contributed by atoms with Crippen molar-refractivity contribution in [2.45, 2.75) is 6.92 Å². The van der Waals surface area contributed by atoms with Crippen molar-refractivity contribution in [2.75, 3.05) is 10.6 Å². The molecule has 2 N–H and O–H groups in total. The van der Waals surface area contributed by atoms with Crippen LogP contribution in [0.2, 0.25) is 0 Å². The first-order chi connectivity index (χ1) is 11.7. The number of carbonyl (C=O) groups excluding carboxylic acids is 2. The molecule has 6 heteroatoms. The Labute approximate surface area is 138 Å². The molecule has 0 radical (unpaired) electrons. The molecule has 0 bridgehead atoms. The maximum atomic E-state index is 11.4. The van der Waals surface area contributed by atoms with E-state index in [1.807, 2.05) is 24.3 Å². The van der Waals surface area contributed by atoms with Gasteiger partial charge in [-0.05, 0) is 30.3 Å². The third kappa shape index (κ3) is 3.49. The predicted molar refractivity (Wildman–Crippen MR) is 92.4 cm³/mol. The number of hydrogen-bond acceptors (Lipinski definition) is 5. The van der Waals surface area contributed by atoms with Crippen LogP contribution in [0.3, 0.4) is 0 Å². The molecule has 3 rings (SSSR count). The van der Waals surface area contributed by atoms with Crippen molar-refractivity contribution in [1.82, 2.24) is 4.98 Å². The lowest BCUT2D eigenvalue weighted by Gasteiger charge is -2.05. The van der Waals surface area contributed by atoms with Crippen molar-refractivity contribution in [3.63, 3.8) is 0 Å². The van der Waals surface area contributed by atoms with Crippen molar-refractivity contribution in [2.24, 2.45) is 0 Å². The third-order valence-corrected chi connectivity index (χ3v) is 3.25. The fraction of sp³-hybridized carbons (Fsp3) is 0.0556. The Kier molecular flexibility index (Phi) is 4.38. The van der Waals surface area contributed by atoms with E-state index in [4.69, 9.17) is 4.42 Å². The Balaban J connectivity index is 1.83. The molecular weight excluding hydrogens is 306 g/mol. The largest absolute Gasteiger partial charge is 0.436 e. The number of carbonyl (C=O) groups is 2. The summed E-state index contributed by atoms with van der Waals surface area (Å²) in [5.41, 5.74) is 2.98. The zero-order chi connectivity index (χ0) is 16.9. The van der Waals surface area contributed by atoms with Crippen LogP contribution < -0.4 is 10.6 Å². The number of anilines is 2. The monoisotopic (exact) mass is 321 g/mol. The standard InChI is InChI=1S/C18H15N3O3/c1-12(23)20-15-6-4-5-14(9-15)19-10-13(11-22)18-21-16-7-2-3-8-17(16)24-18/h2-11,19H,1H3,(H,20,23)/b13-10+. The molecule has 1 amide bonds. The highest BCUT2D eigenvalue weighted by Gasteiger charge is 2.09. The summed E-state index contributed by atoms with van der Waals surface area (Å²) in [6.45, 7) is 1.44. The van der Waals surface area contributed by atoms with Crippen LogP contribution in [-0.2, 0) is 9.59 Å². The molecule has 3 aromatic rings. The van der Waals surface area contributed by atoms with E-state index < -0.39 is 0 Å². The van der Waals surface area contributed by atoms with Gasteiger partial charge in [-0.1, -0.05) is 18.2 Å². The smallest absolute Gasteiger partial charge is 0.232 e. The first-order valence-corrected chi connectivity index (χ1v) is 7.31. The average molecular weight is 321 g/mol. The van der Waals surface area contributed by atoms with Crippen molar-refractivity contribution in [3.8, 4) is 0 Å². The van der Waals surface area contributed by atoms with Crippen molar-refractivity contribution >= 4 is 40.2 Å². The molecule has 0 spiro atoms. The Hall–Kier alpha value is -3.41. The van der Waals surface area contributed by atoms with Crippen molar-refractivity contribution < 1.29 is 14.0 Å². The number of nitrogens with one attached hydrogen (secondary N) is 2. The maximum absolute atomic E-state index is 11.4. The molecule has 0 saturated heterocycles. The van der Waals surface area contributed by atoms with E-state index in [0.29, 0.717) is 23.1 Å². The summed E-state index contributed by atoms with van der Waals surface area (Å²) in [6.07, 6.45) is 2.19. The molecule has 0 unspecified atom stereocenters. The number of aromatic nitrogens is 1. The SMILES string of the molecule is CC(=O)Nc1cccc(N/C=C(\C=O)c2nc3ccccc3o2)c1. The lowest BCUT2D eigenvalue weighted by Crippen LogP contribution is -2.05. The van der Waals surface area contributed by atoms with Gasteiger partial charge in [0.25, 0.3) is 0 Å². The summed E-state index contributed by atoms with van der Waals surface area (Å²) in [4.78, 5) is 26.7. The van der Waals surface area contributed by atoms with Crippen LogP contribution >= 0.6 is 0 Å². The van der Waals surface area contributed by atoms with Gasteiger partial charge in [0.1, 0.15) is 5.52 Å². The molecule has 1 heterocycles. The summed E-state index contributed by atoms with van der Waals surface area (Å²) in [5, 5.41) is 5.70. The van der Waals surface area contributed by atoms with Crippen LogP contribution in [0.25, 0.3) is 16.7 Å². The Bertz CT molecular complexity index is 895. The topological polar surface area (TPSA) is 84.2 Å². The zero-order valence-corrected chi connectivity index (χ0v) is 12.9. The molecule has 120 valence electrons. The first-order valence-electron chi connectivity index (χ1n) is 7.31. The molecule has 0 aliphatic carbocycles. The summed E-state index contributed by atoms with van der Waals surface area (Å²) in [5.74, 6) is 0.0967. The number of aldehydes is 1. The number of allylic oxidation sites excluding steroid dienone is 1. The number of nitrogens with zero attached hydrogens (tertiary/aromatic N) is 1. The summed E-state index contributed by atoms with van der Waals surface area (Å²) < 4.78 is 5.58. The number of amides is 1. The summed E-state index contributed by atoms with van der Waals surface area (Å²) in [6, 6.07) is 14.4. The van der Waals surface area contributed by atoms with Gasteiger partial charge in [-0.2, -0.15) is 0 Å². The number of benzene rings is 2. The van der Waals surface area contributed by atoms with E-state index in [9.17, 15) is 9.59 Å². The summed E-state index contributed by atoms with van der Waals surface area (Å²) >= 11 is 0. The fourth-order valence-electron chi connectivity index (χ4n) is 2.19. The zero-order valence-electron chi connectivity index (χ0n) is 12.9. The Morgan fingerprint density at radius 2 is 1.92 bits per heavy atom. The second-order valence-corrected chi connectivity index (χ2v) is 5.11. The highest BCUT2D eigenvalue weighted by molar-refractivity contribution is 6.06. The lowest BCUT2D eigenvalue weighted by molar-refractivity contribution is -0.114. The molecule has 0 saturated carbocycles. The van der Waals surface area contributed by atoms with Crippen LogP contribution in [0, 0.1) is 0 Å². The quantitative estimate of drug-likeness (QED) is 0.555. The van der Waals surface area contributed by atoms with Gasteiger partial charge in [0.05, 0.1) is 5.57 Å². The minimum atomic E-state index is -0.150. The highest BCUT2D eigenvalue weighted by Crippen LogP contribution is 2.21. The normalized spacial score (nSPS) is 11.3.